The molecule has 0 fully saturated rings. The van der Waals surface area contributed by atoms with E-state index in [9.17, 15) is 24.3 Å². The first kappa shape index (κ1) is 24.4. The second-order valence-corrected chi connectivity index (χ2v) is 6.53. The van der Waals surface area contributed by atoms with Gasteiger partial charge in [0.05, 0.1) is 5.56 Å². The molecule has 0 aliphatic rings. The fraction of sp³-hybridized carbons (Fsp3) is 0.304. The monoisotopic (exact) mass is 444 g/mol. The van der Waals surface area contributed by atoms with Crippen LogP contribution in [0.15, 0.2) is 36.4 Å². The Morgan fingerprint density at radius 3 is 1.81 bits per heavy atom. The van der Waals surface area contributed by atoms with Crippen molar-refractivity contribution >= 4 is 23.9 Å². The molecule has 0 heterocycles. The summed E-state index contributed by atoms with van der Waals surface area (Å²) in [5.41, 5.74) is 0.446. The van der Waals surface area contributed by atoms with Gasteiger partial charge in [-0.3, -0.25) is 14.4 Å². The van der Waals surface area contributed by atoms with Gasteiger partial charge in [-0.1, -0.05) is 32.9 Å². The molecule has 0 atom stereocenters. The average molecular weight is 444 g/mol. The highest BCUT2D eigenvalue weighted by Gasteiger charge is 2.24. The highest BCUT2D eigenvalue weighted by atomic mass is 16.6. The van der Waals surface area contributed by atoms with Gasteiger partial charge in [-0.05, 0) is 29.8 Å². The summed E-state index contributed by atoms with van der Waals surface area (Å²) in [4.78, 5) is 48.3. The number of ether oxygens (including phenoxy) is 4. The van der Waals surface area contributed by atoms with E-state index < -0.39 is 23.9 Å². The predicted octanol–water partition coefficient (Wildman–Crippen LogP) is 3.70. The van der Waals surface area contributed by atoms with Gasteiger partial charge in [-0.15, -0.1) is 0 Å². The van der Waals surface area contributed by atoms with Crippen molar-refractivity contribution in [2.45, 2.75) is 46.6 Å². The fourth-order valence-corrected chi connectivity index (χ4v) is 2.40. The smallest absolute Gasteiger partial charge is 0.338 e. The number of phenols is 1. The minimum absolute atomic E-state index is 0.00996. The van der Waals surface area contributed by atoms with Gasteiger partial charge in [-0.25, -0.2) is 4.79 Å². The van der Waals surface area contributed by atoms with E-state index >= 15 is 0 Å². The van der Waals surface area contributed by atoms with Crippen LogP contribution in [0.5, 0.6) is 23.0 Å². The Bertz CT molecular complexity index is 971. The largest absolute Gasteiger partial charge is 0.508 e. The zero-order chi connectivity index (χ0) is 23.7. The first-order valence-corrected chi connectivity index (χ1v) is 10.0. The zero-order valence-corrected chi connectivity index (χ0v) is 18.0. The molecule has 2 aromatic carbocycles. The van der Waals surface area contributed by atoms with Gasteiger partial charge in [0, 0.05) is 19.3 Å². The molecule has 9 heteroatoms. The van der Waals surface area contributed by atoms with Crippen LogP contribution in [-0.4, -0.2) is 29.0 Å². The molecule has 32 heavy (non-hydrogen) atoms. The van der Waals surface area contributed by atoms with Gasteiger partial charge in [0.25, 0.3) is 0 Å². The van der Waals surface area contributed by atoms with Crippen LogP contribution in [0.2, 0.25) is 0 Å². The van der Waals surface area contributed by atoms with Gasteiger partial charge in [0.2, 0.25) is 5.75 Å². The minimum Gasteiger partial charge on any atom is -0.508 e. The molecule has 0 saturated carbocycles. The maximum absolute atomic E-state index is 12.6. The zero-order valence-electron chi connectivity index (χ0n) is 18.0. The van der Waals surface area contributed by atoms with E-state index in [1.165, 1.54) is 24.3 Å². The van der Waals surface area contributed by atoms with Crippen LogP contribution in [-0.2, 0) is 25.7 Å². The summed E-state index contributed by atoms with van der Waals surface area (Å²) < 4.78 is 20.9. The van der Waals surface area contributed by atoms with Crippen molar-refractivity contribution in [3.05, 3.63) is 47.5 Å². The van der Waals surface area contributed by atoms with Crippen molar-refractivity contribution in [3.63, 3.8) is 0 Å². The molecule has 9 nitrogen and oxygen atoms in total. The number of esters is 4. The molecule has 2 rings (SSSR count). The van der Waals surface area contributed by atoms with Crippen molar-refractivity contribution in [1.29, 1.82) is 0 Å². The quantitative estimate of drug-likeness (QED) is 0.455. The predicted molar refractivity (Wildman–Crippen MR) is 111 cm³/mol. The highest BCUT2D eigenvalue weighted by Crippen LogP contribution is 2.40. The van der Waals surface area contributed by atoms with Crippen LogP contribution in [0.1, 0.15) is 56.0 Å². The van der Waals surface area contributed by atoms with Gasteiger partial charge in [-0.2, -0.15) is 0 Å². The Morgan fingerprint density at radius 2 is 1.31 bits per heavy atom. The number of benzene rings is 2. The SMILES string of the molecule is CCC(=O)Oc1cc(C(=O)OCc2cccc(O)c2)cc(OC(=O)CC)c1OC(=O)CC. The maximum Gasteiger partial charge on any atom is 0.338 e. The Balaban J connectivity index is 2.43. The van der Waals surface area contributed by atoms with E-state index in [0.29, 0.717) is 5.56 Å². The van der Waals surface area contributed by atoms with Gasteiger partial charge in [0.15, 0.2) is 11.5 Å². The number of carbonyl (C=O) groups excluding carboxylic acids is 4. The molecule has 0 aromatic heterocycles. The molecule has 0 aliphatic carbocycles. The number of aromatic hydroxyl groups is 1. The number of phenolic OH excluding ortho intramolecular Hbond substituents is 1. The van der Waals surface area contributed by atoms with Crippen molar-refractivity contribution in [2.75, 3.05) is 0 Å². The molecule has 0 saturated heterocycles. The number of carbonyl (C=O) groups is 4. The third kappa shape index (κ3) is 6.83. The van der Waals surface area contributed by atoms with Crippen LogP contribution in [0.4, 0.5) is 0 Å². The van der Waals surface area contributed by atoms with Crippen LogP contribution in [0.3, 0.4) is 0 Å². The molecule has 0 bridgehead atoms. The molecule has 2 aromatic rings. The normalized spacial score (nSPS) is 10.2. The average Bonchev–Trinajstić information content (AvgIpc) is 2.78. The standard InChI is InChI=1S/C23H24O9/c1-4-19(25)30-17-11-15(23(28)29-13-14-8-7-9-16(24)10-14)12-18(31-20(26)5-2)22(17)32-21(27)6-3/h7-12,24H,4-6,13H2,1-3H3. The van der Waals surface area contributed by atoms with Crippen molar-refractivity contribution < 1.29 is 43.2 Å². The number of rotatable bonds is 9. The molecule has 0 unspecified atom stereocenters. The number of hydrogen-bond donors (Lipinski definition) is 1. The lowest BCUT2D eigenvalue weighted by molar-refractivity contribution is -0.137. The van der Waals surface area contributed by atoms with Crippen molar-refractivity contribution in [2.24, 2.45) is 0 Å². The molecular formula is C23H24O9. The van der Waals surface area contributed by atoms with Gasteiger partial charge in [0.1, 0.15) is 12.4 Å². The van der Waals surface area contributed by atoms with E-state index in [-0.39, 0.29) is 54.4 Å². The van der Waals surface area contributed by atoms with E-state index in [4.69, 9.17) is 18.9 Å². The van der Waals surface area contributed by atoms with Crippen LogP contribution >= 0.6 is 0 Å². The Hall–Kier alpha value is -3.88. The number of hydrogen-bond acceptors (Lipinski definition) is 9. The van der Waals surface area contributed by atoms with Crippen LogP contribution < -0.4 is 14.2 Å². The van der Waals surface area contributed by atoms with Gasteiger partial charge < -0.3 is 24.1 Å². The second-order valence-electron chi connectivity index (χ2n) is 6.53. The molecule has 170 valence electrons. The van der Waals surface area contributed by atoms with E-state index in [0.717, 1.165) is 0 Å². The van der Waals surface area contributed by atoms with E-state index in [1.807, 2.05) is 0 Å². The van der Waals surface area contributed by atoms with Crippen LogP contribution in [0.25, 0.3) is 0 Å². The lowest BCUT2D eigenvalue weighted by atomic mass is 10.1. The van der Waals surface area contributed by atoms with Gasteiger partial charge >= 0.3 is 23.9 Å². The molecule has 0 radical (unpaired) electrons. The third-order valence-corrected chi connectivity index (χ3v) is 4.07. The lowest BCUT2D eigenvalue weighted by Gasteiger charge is -2.16. The summed E-state index contributed by atoms with van der Waals surface area (Å²) in [6.45, 7) is 4.54. The maximum atomic E-state index is 12.6. The van der Waals surface area contributed by atoms with Crippen molar-refractivity contribution in [1.82, 2.24) is 0 Å². The molecule has 0 spiro atoms. The van der Waals surface area contributed by atoms with Crippen LogP contribution in [0, 0.1) is 0 Å². The fourth-order valence-electron chi connectivity index (χ4n) is 2.40. The van der Waals surface area contributed by atoms with Crippen molar-refractivity contribution in [3.8, 4) is 23.0 Å². The Morgan fingerprint density at radius 1 is 0.781 bits per heavy atom. The highest BCUT2D eigenvalue weighted by molar-refractivity contribution is 5.92. The third-order valence-electron chi connectivity index (χ3n) is 4.07. The summed E-state index contributed by atoms with van der Waals surface area (Å²) in [5, 5.41) is 9.53. The molecule has 0 amide bonds. The topological polar surface area (TPSA) is 125 Å². The summed E-state index contributed by atoms with van der Waals surface area (Å²) in [6, 6.07) is 8.50. The summed E-state index contributed by atoms with van der Waals surface area (Å²) in [6.07, 6.45) is 0.0326. The summed E-state index contributed by atoms with van der Waals surface area (Å²) in [7, 11) is 0. The summed E-state index contributed by atoms with van der Waals surface area (Å²) in [5.74, 6) is -3.58. The minimum atomic E-state index is -0.815. The Labute approximate surface area is 184 Å². The molecular weight excluding hydrogens is 420 g/mol. The second kappa shape index (κ2) is 11.5. The summed E-state index contributed by atoms with van der Waals surface area (Å²) >= 11 is 0. The molecule has 1 N–H and O–H groups in total. The molecule has 0 aliphatic heterocycles. The van der Waals surface area contributed by atoms with E-state index in [1.54, 1.807) is 32.9 Å². The van der Waals surface area contributed by atoms with E-state index in [2.05, 4.69) is 0 Å². The lowest BCUT2D eigenvalue weighted by Crippen LogP contribution is -2.15. The first-order chi connectivity index (χ1) is 15.3. The first-order valence-electron chi connectivity index (χ1n) is 10.0. The Kier molecular flexibility index (Phi) is 8.76.